The zero-order valence-electron chi connectivity index (χ0n) is 20.7. The Labute approximate surface area is 194 Å². The molecule has 2 aromatic rings. The molecule has 0 radical (unpaired) electrons. The summed E-state index contributed by atoms with van der Waals surface area (Å²) in [5.74, 6) is -0.195. The monoisotopic (exact) mass is 439 g/mol. The molecule has 0 saturated heterocycles. The third-order valence-corrected chi connectivity index (χ3v) is 5.26. The second kappa shape index (κ2) is 15.1. The number of benzene rings is 1. The van der Waals surface area contributed by atoms with Crippen LogP contribution in [0.2, 0.25) is 0 Å². The number of carbonyl (C=O) groups excluding carboxylic acids is 1. The summed E-state index contributed by atoms with van der Waals surface area (Å²) in [6.07, 6.45) is 6.44. The van der Waals surface area contributed by atoms with Gasteiger partial charge in [-0.15, -0.1) is 0 Å². The zero-order valence-corrected chi connectivity index (χ0v) is 20.7. The van der Waals surface area contributed by atoms with Crippen molar-refractivity contribution < 1.29 is 4.79 Å². The van der Waals surface area contributed by atoms with E-state index in [1.54, 1.807) is 19.3 Å². The molecule has 0 fully saturated rings. The highest BCUT2D eigenvalue weighted by atomic mass is 16.1. The van der Waals surface area contributed by atoms with Gasteiger partial charge in [-0.1, -0.05) is 26.0 Å². The summed E-state index contributed by atoms with van der Waals surface area (Å²) in [5, 5.41) is 13.2. The van der Waals surface area contributed by atoms with Crippen LogP contribution in [0.4, 0.5) is 5.69 Å². The molecule has 0 aliphatic heterocycles. The van der Waals surface area contributed by atoms with Gasteiger partial charge in [0.1, 0.15) is 0 Å². The lowest BCUT2D eigenvalue weighted by Crippen LogP contribution is -2.28. The molecule has 3 N–H and O–H groups in total. The van der Waals surface area contributed by atoms with Crippen molar-refractivity contribution in [3.05, 3.63) is 59.4 Å². The zero-order chi connectivity index (χ0) is 23.9. The van der Waals surface area contributed by atoms with Crippen molar-refractivity contribution in [3.63, 3.8) is 0 Å². The van der Waals surface area contributed by atoms with E-state index < -0.39 is 0 Å². The molecule has 0 spiro atoms. The Balaban J connectivity index is 0.000000751. The molecule has 1 unspecified atom stereocenters. The smallest absolute Gasteiger partial charge is 0.253 e. The van der Waals surface area contributed by atoms with Gasteiger partial charge in [-0.25, -0.2) is 0 Å². The Kier molecular flexibility index (Phi) is 12.9. The SMILES string of the molecule is CCC(C)NC.CCCN(CC)c1ccc(Cc2cncc(C(=O)NCC(C)=N)c2)cc1. The van der Waals surface area contributed by atoms with E-state index in [-0.39, 0.29) is 12.5 Å². The number of nitrogens with zero attached hydrogens (tertiary/aromatic N) is 2. The Morgan fingerprint density at radius 2 is 1.81 bits per heavy atom. The summed E-state index contributed by atoms with van der Waals surface area (Å²) in [7, 11) is 1.98. The number of amides is 1. The number of pyridine rings is 1. The highest BCUT2D eigenvalue weighted by Gasteiger charge is 2.08. The summed E-state index contributed by atoms with van der Waals surface area (Å²) in [4.78, 5) is 18.7. The van der Waals surface area contributed by atoms with Crippen LogP contribution >= 0.6 is 0 Å². The molecule has 32 heavy (non-hydrogen) atoms. The number of hydrogen-bond donors (Lipinski definition) is 3. The Morgan fingerprint density at radius 1 is 1.12 bits per heavy atom. The van der Waals surface area contributed by atoms with Crippen molar-refractivity contribution in [1.29, 1.82) is 5.41 Å². The van der Waals surface area contributed by atoms with E-state index in [0.717, 1.165) is 31.5 Å². The molecular weight excluding hydrogens is 398 g/mol. The van der Waals surface area contributed by atoms with Crippen LogP contribution in [0.15, 0.2) is 42.7 Å². The summed E-state index contributed by atoms with van der Waals surface area (Å²) in [6.45, 7) is 12.7. The minimum Gasteiger partial charge on any atom is -0.372 e. The van der Waals surface area contributed by atoms with Crippen molar-refractivity contribution in [2.24, 2.45) is 0 Å². The maximum absolute atomic E-state index is 12.1. The van der Waals surface area contributed by atoms with E-state index in [4.69, 9.17) is 5.41 Å². The minimum atomic E-state index is -0.195. The first kappa shape index (κ1) is 27.3. The van der Waals surface area contributed by atoms with Gasteiger partial charge in [0.15, 0.2) is 0 Å². The molecule has 1 atom stereocenters. The first-order chi connectivity index (χ1) is 15.3. The maximum atomic E-state index is 12.1. The fourth-order valence-corrected chi connectivity index (χ4v) is 3.03. The van der Waals surface area contributed by atoms with Crippen molar-refractivity contribution >= 4 is 17.3 Å². The van der Waals surface area contributed by atoms with Crippen molar-refractivity contribution in [2.75, 3.05) is 31.6 Å². The van der Waals surface area contributed by atoms with Crippen molar-refractivity contribution in [3.8, 4) is 0 Å². The number of rotatable bonds is 11. The van der Waals surface area contributed by atoms with Crippen LogP contribution < -0.4 is 15.5 Å². The molecule has 0 bridgehead atoms. The first-order valence-electron chi connectivity index (χ1n) is 11.6. The molecule has 1 heterocycles. The summed E-state index contributed by atoms with van der Waals surface area (Å²) < 4.78 is 0. The second-order valence-electron chi connectivity index (χ2n) is 8.07. The summed E-state index contributed by atoms with van der Waals surface area (Å²) in [5.41, 5.74) is 4.38. The fourth-order valence-electron chi connectivity index (χ4n) is 3.03. The lowest BCUT2D eigenvalue weighted by atomic mass is 10.0. The summed E-state index contributed by atoms with van der Waals surface area (Å²) >= 11 is 0. The molecule has 1 aromatic carbocycles. The topological polar surface area (TPSA) is 81.1 Å². The average molecular weight is 440 g/mol. The second-order valence-corrected chi connectivity index (χ2v) is 8.07. The Morgan fingerprint density at radius 3 is 2.31 bits per heavy atom. The number of nitrogens with one attached hydrogen (secondary N) is 3. The molecule has 1 amide bonds. The molecule has 0 saturated carbocycles. The van der Waals surface area contributed by atoms with Crippen LogP contribution in [-0.4, -0.2) is 49.3 Å². The van der Waals surface area contributed by atoms with Gasteiger partial charge in [-0.3, -0.25) is 9.78 Å². The standard InChI is InChI=1S/C21H28N4O.C5H13N/c1-4-10-25(5-2)20-8-6-17(7-9-20)11-18-12-19(15-23-14-18)21(26)24-13-16(3)22;1-4-5(2)6-3/h6-9,12,14-15,22H,4-5,10-11,13H2,1-3H3,(H,24,26);5-6H,4H2,1-3H3. The molecule has 1 aromatic heterocycles. The largest absolute Gasteiger partial charge is 0.372 e. The van der Waals surface area contributed by atoms with Crippen LogP contribution in [-0.2, 0) is 6.42 Å². The minimum absolute atomic E-state index is 0.195. The predicted molar refractivity (Wildman–Crippen MR) is 136 cm³/mol. The molecule has 176 valence electrons. The van der Waals surface area contributed by atoms with E-state index in [2.05, 4.69) is 72.5 Å². The van der Waals surface area contributed by atoms with E-state index >= 15 is 0 Å². The quantitative estimate of drug-likeness (QED) is 0.444. The number of hydrogen-bond acceptors (Lipinski definition) is 5. The van der Waals surface area contributed by atoms with E-state index in [9.17, 15) is 4.79 Å². The molecule has 0 aliphatic carbocycles. The molecular formula is C26H41N5O. The van der Waals surface area contributed by atoms with Gasteiger partial charge in [-0.05, 0) is 76.4 Å². The average Bonchev–Trinajstić information content (AvgIpc) is 2.81. The Hall–Kier alpha value is -2.73. The van der Waals surface area contributed by atoms with E-state index in [1.165, 1.54) is 17.7 Å². The third-order valence-electron chi connectivity index (χ3n) is 5.26. The number of anilines is 1. The van der Waals surface area contributed by atoms with Gasteiger partial charge in [0, 0.05) is 42.9 Å². The highest BCUT2D eigenvalue weighted by Crippen LogP contribution is 2.18. The van der Waals surface area contributed by atoms with Crippen LogP contribution in [0.5, 0.6) is 0 Å². The molecule has 2 rings (SSSR count). The maximum Gasteiger partial charge on any atom is 0.253 e. The number of carbonyl (C=O) groups is 1. The first-order valence-corrected chi connectivity index (χ1v) is 11.6. The van der Waals surface area contributed by atoms with Gasteiger partial charge in [0.05, 0.1) is 12.1 Å². The number of aromatic nitrogens is 1. The lowest BCUT2D eigenvalue weighted by molar-refractivity contribution is 0.0958. The van der Waals surface area contributed by atoms with E-state index in [0.29, 0.717) is 17.3 Å². The van der Waals surface area contributed by atoms with E-state index in [1.807, 2.05) is 13.1 Å². The van der Waals surface area contributed by atoms with Crippen molar-refractivity contribution in [1.82, 2.24) is 15.6 Å². The van der Waals surface area contributed by atoms with Crippen LogP contribution in [0, 0.1) is 5.41 Å². The van der Waals surface area contributed by atoms with Gasteiger partial charge in [0.2, 0.25) is 0 Å². The normalized spacial score (nSPS) is 11.2. The van der Waals surface area contributed by atoms with Gasteiger partial charge in [-0.2, -0.15) is 0 Å². The summed E-state index contributed by atoms with van der Waals surface area (Å²) in [6, 6.07) is 11.1. The molecule has 6 heteroatoms. The van der Waals surface area contributed by atoms with Gasteiger partial charge < -0.3 is 20.9 Å². The fraction of sp³-hybridized carbons (Fsp3) is 0.500. The van der Waals surface area contributed by atoms with Gasteiger partial charge in [0.25, 0.3) is 5.91 Å². The van der Waals surface area contributed by atoms with Gasteiger partial charge >= 0.3 is 0 Å². The molecule has 0 aliphatic rings. The molecule has 6 nitrogen and oxygen atoms in total. The van der Waals surface area contributed by atoms with Crippen LogP contribution in [0.1, 0.15) is 68.9 Å². The predicted octanol–water partition coefficient (Wildman–Crippen LogP) is 4.68. The van der Waals surface area contributed by atoms with Crippen LogP contribution in [0.3, 0.4) is 0 Å². The Bertz CT molecular complexity index is 815. The lowest BCUT2D eigenvalue weighted by Gasteiger charge is -2.22. The highest BCUT2D eigenvalue weighted by molar-refractivity contribution is 5.96. The van der Waals surface area contributed by atoms with Crippen molar-refractivity contribution in [2.45, 2.75) is 59.9 Å². The van der Waals surface area contributed by atoms with Crippen LogP contribution in [0.25, 0.3) is 0 Å². The third kappa shape index (κ3) is 10.1.